The van der Waals surface area contributed by atoms with Crippen LogP contribution >= 0.6 is 0 Å². The molecule has 0 saturated carbocycles. The van der Waals surface area contributed by atoms with Gasteiger partial charge in [-0.1, -0.05) is 5.11 Å². The van der Waals surface area contributed by atoms with Gasteiger partial charge in [0, 0.05) is 32.6 Å². The fourth-order valence-corrected chi connectivity index (χ4v) is 2.49. The van der Waals surface area contributed by atoms with Crippen molar-refractivity contribution in [3.8, 4) is 0 Å². The molecule has 0 radical (unpaired) electrons. The molecule has 12 nitrogen and oxygen atoms in total. The molecular formula is C14H20N4O8. The fraction of sp³-hybridized carbons (Fsp3) is 0.714. The Hall–Kier alpha value is -2.85. The van der Waals surface area contributed by atoms with Crippen LogP contribution in [0.1, 0.15) is 27.7 Å². The highest BCUT2D eigenvalue weighted by Crippen LogP contribution is 2.28. The third-order valence-electron chi connectivity index (χ3n) is 3.23. The van der Waals surface area contributed by atoms with Crippen molar-refractivity contribution < 1.29 is 38.1 Å². The minimum absolute atomic E-state index is 0.295. The Morgan fingerprint density at radius 3 is 2.00 bits per heavy atom. The van der Waals surface area contributed by atoms with E-state index in [2.05, 4.69) is 15.3 Å². The topological polar surface area (TPSA) is 166 Å². The highest BCUT2D eigenvalue weighted by molar-refractivity contribution is 5.74. The van der Waals surface area contributed by atoms with Crippen molar-refractivity contribution in [1.29, 1.82) is 0 Å². The van der Waals surface area contributed by atoms with Crippen LogP contribution in [-0.4, -0.2) is 61.0 Å². The molecule has 12 heteroatoms. The molecule has 5 atom stereocenters. The predicted octanol–water partition coefficient (Wildman–Crippen LogP) is -0.0472. The number of nitrogens with zero attached hydrogens (tertiary/aromatic N) is 3. The maximum Gasteiger partial charge on any atom is 0.305 e. The standard InChI is InChI=1S/C14H20N4O8/c1-6(19)17-11-13(24-8(3)21)12(23-7(2)20)10(5-16-18-15)26-14(11)25-9(4)22/h10-14H,5H2,1-4H3,(H,17,19)/t10-,11+,12-,13-,14?/m1/s1. The molecule has 144 valence electrons. The molecule has 1 aliphatic rings. The van der Waals surface area contributed by atoms with Crippen molar-refractivity contribution >= 4 is 23.8 Å². The molecule has 0 bridgehead atoms. The van der Waals surface area contributed by atoms with Crippen molar-refractivity contribution in [3.05, 3.63) is 10.4 Å². The van der Waals surface area contributed by atoms with Gasteiger partial charge in [0.15, 0.2) is 12.2 Å². The predicted molar refractivity (Wildman–Crippen MR) is 83.2 cm³/mol. The van der Waals surface area contributed by atoms with E-state index in [-0.39, 0.29) is 6.54 Å². The number of amides is 1. The molecule has 0 aromatic heterocycles. The maximum absolute atomic E-state index is 11.5. The summed E-state index contributed by atoms with van der Waals surface area (Å²) in [5, 5.41) is 5.82. The van der Waals surface area contributed by atoms with E-state index in [1.807, 2.05) is 0 Å². The summed E-state index contributed by atoms with van der Waals surface area (Å²) >= 11 is 0. The molecule has 1 aliphatic heterocycles. The summed E-state index contributed by atoms with van der Waals surface area (Å²) in [6.45, 7) is 4.27. The van der Waals surface area contributed by atoms with E-state index < -0.39 is 54.5 Å². The molecule has 1 N–H and O–H groups in total. The normalized spacial score (nSPS) is 27.5. The third kappa shape index (κ3) is 6.22. The zero-order valence-electron chi connectivity index (χ0n) is 14.7. The lowest BCUT2D eigenvalue weighted by molar-refractivity contribution is -0.262. The first-order chi connectivity index (χ1) is 12.1. The lowest BCUT2D eigenvalue weighted by atomic mass is 9.95. The van der Waals surface area contributed by atoms with Gasteiger partial charge in [0.05, 0.1) is 6.54 Å². The van der Waals surface area contributed by atoms with E-state index in [9.17, 15) is 19.2 Å². The SMILES string of the molecule is CC(=O)N[C@@H]1C(OC(C)=O)O[C@H](CN=[N+]=[N-])[C@@H](OC(C)=O)[C@@H]1OC(C)=O. The van der Waals surface area contributed by atoms with Crippen LogP contribution in [0.15, 0.2) is 5.11 Å². The Morgan fingerprint density at radius 2 is 1.54 bits per heavy atom. The Kier molecular flexibility index (Phi) is 7.81. The summed E-state index contributed by atoms with van der Waals surface area (Å²) in [7, 11) is 0. The van der Waals surface area contributed by atoms with Gasteiger partial charge in [-0.2, -0.15) is 0 Å². The average molecular weight is 372 g/mol. The highest BCUT2D eigenvalue weighted by atomic mass is 16.7. The summed E-state index contributed by atoms with van der Waals surface area (Å²) in [4.78, 5) is 48.5. The average Bonchev–Trinajstić information content (AvgIpc) is 2.49. The number of ether oxygens (including phenoxy) is 4. The van der Waals surface area contributed by atoms with Gasteiger partial charge >= 0.3 is 17.9 Å². The molecule has 0 aromatic carbocycles. The second-order valence-corrected chi connectivity index (χ2v) is 5.44. The third-order valence-corrected chi connectivity index (χ3v) is 3.23. The minimum atomic E-state index is -1.36. The van der Waals surface area contributed by atoms with Gasteiger partial charge in [-0.05, 0) is 5.53 Å². The quantitative estimate of drug-likeness (QED) is 0.223. The van der Waals surface area contributed by atoms with Crippen LogP contribution in [0.3, 0.4) is 0 Å². The van der Waals surface area contributed by atoms with Gasteiger partial charge in [0.25, 0.3) is 0 Å². The van der Waals surface area contributed by atoms with Gasteiger partial charge in [-0.3, -0.25) is 19.2 Å². The van der Waals surface area contributed by atoms with Gasteiger partial charge in [-0.25, -0.2) is 0 Å². The van der Waals surface area contributed by atoms with Crippen LogP contribution < -0.4 is 5.32 Å². The van der Waals surface area contributed by atoms with E-state index in [0.717, 1.165) is 20.8 Å². The Morgan fingerprint density at radius 1 is 1.00 bits per heavy atom. The van der Waals surface area contributed by atoms with Crippen molar-refractivity contribution in [2.75, 3.05) is 6.54 Å². The number of carbonyl (C=O) groups is 4. The van der Waals surface area contributed by atoms with Crippen molar-refractivity contribution in [1.82, 2.24) is 5.32 Å². The monoisotopic (exact) mass is 372 g/mol. The van der Waals surface area contributed by atoms with E-state index in [1.165, 1.54) is 6.92 Å². The zero-order chi connectivity index (χ0) is 19.9. The summed E-state index contributed by atoms with van der Waals surface area (Å²) in [5.41, 5.74) is 8.53. The van der Waals surface area contributed by atoms with E-state index >= 15 is 0 Å². The van der Waals surface area contributed by atoms with Crippen LogP contribution in [-0.2, 0) is 38.1 Å². The van der Waals surface area contributed by atoms with Gasteiger partial charge in [0.1, 0.15) is 12.1 Å². The summed E-state index contributed by atoms with van der Waals surface area (Å²) in [6.07, 6.45) is -4.87. The van der Waals surface area contributed by atoms with Gasteiger partial charge in [-0.15, -0.1) is 0 Å². The number of carbonyl (C=O) groups excluding carboxylic acids is 4. The molecule has 26 heavy (non-hydrogen) atoms. The largest absolute Gasteiger partial charge is 0.456 e. The van der Waals surface area contributed by atoms with Gasteiger partial charge < -0.3 is 24.3 Å². The zero-order valence-corrected chi connectivity index (χ0v) is 14.7. The molecule has 1 fully saturated rings. The second kappa shape index (κ2) is 9.59. The molecule has 1 rings (SSSR count). The number of nitrogens with one attached hydrogen (secondary N) is 1. The van der Waals surface area contributed by atoms with Crippen LogP contribution in [0.5, 0.6) is 0 Å². The first kappa shape index (κ1) is 21.2. The van der Waals surface area contributed by atoms with Crippen LogP contribution in [0.4, 0.5) is 0 Å². The van der Waals surface area contributed by atoms with E-state index in [4.69, 9.17) is 24.5 Å². The lowest BCUT2D eigenvalue weighted by Gasteiger charge is -2.44. The number of esters is 3. The Labute approximate surface area is 148 Å². The first-order valence-electron chi connectivity index (χ1n) is 7.60. The van der Waals surface area contributed by atoms with E-state index in [0.29, 0.717) is 0 Å². The van der Waals surface area contributed by atoms with Gasteiger partial charge in [0.2, 0.25) is 12.2 Å². The number of hydrogen-bond donors (Lipinski definition) is 1. The Bertz CT molecular complexity index is 588. The van der Waals surface area contributed by atoms with Crippen molar-refractivity contribution in [3.63, 3.8) is 0 Å². The molecule has 1 saturated heterocycles. The molecule has 1 amide bonds. The molecule has 1 heterocycles. The van der Waals surface area contributed by atoms with Crippen molar-refractivity contribution in [2.24, 2.45) is 5.11 Å². The summed E-state index contributed by atoms with van der Waals surface area (Å²) in [6, 6.07) is -1.15. The molecule has 0 aliphatic carbocycles. The Balaban J connectivity index is 3.32. The summed E-state index contributed by atoms with van der Waals surface area (Å²) in [5.74, 6) is -2.69. The molecular weight excluding hydrogens is 352 g/mol. The molecule has 0 aromatic rings. The van der Waals surface area contributed by atoms with Crippen LogP contribution in [0, 0.1) is 0 Å². The smallest absolute Gasteiger partial charge is 0.305 e. The maximum atomic E-state index is 11.5. The first-order valence-corrected chi connectivity index (χ1v) is 7.60. The van der Waals surface area contributed by atoms with Crippen LogP contribution in [0.25, 0.3) is 10.4 Å². The minimum Gasteiger partial charge on any atom is -0.456 e. The number of rotatable bonds is 6. The lowest BCUT2D eigenvalue weighted by Crippen LogP contribution is -2.66. The second-order valence-electron chi connectivity index (χ2n) is 5.44. The molecule has 1 unspecified atom stereocenters. The fourth-order valence-electron chi connectivity index (χ4n) is 2.49. The number of hydrogen-bond acceptors (Lipinski definition) is 9. The number of azide groups is 1. The van der Waals surface area contributed by atoms with Crippen molar-refractivity contribution in [2.45, 2.75) is 58.3 Å². The highest BCUT2D eigenvalue weighted by Gasteiger charge is 2.51. The summed E-state index contributed by atoms with van der Waals surface area (Å²) < 4.78 is 21.0. The van der Waals surface area contributed by atoms with E-state index in [1.54, 1.807) is 0 Å². The molecule has 0 spiro atoms. The van der Waals surface area contributed by atoms with Crippen LogP contribution in [0.2, 0.25) is 0 Å².